The average Bonchev–Trinajstić information content (AvgIpc) is 3.16. The minimum absolute atomic E-state index is 0.192. The molecular formula is C25H30N4O5. The number of carbonyl (C=O) groups excluding carboxylic acids is 2. The van der Waals surface area contributed by atoms with E-state index in [1.807, 2.05) is 35.2 Å². The van der Waals surface area contributed by atoms with E-state index in [2.05, 4.69) is 15.5 Å². The molecule has 9 heteroatoms. The highest BCUT2D eigenvalue weighted by molar-refractivity contribution is 5.94. The number of carboxylic acid groups (broad SMARTS) is 1. The summed E-state index contributed by atoms with van der Waals surface area (Å²) in [6.07, 6.45) is 4.69. The van der Waals surface area contributed by atoms with Crippen LogP contribution in [0.4, 0.5) is 0 Å². The third-order valence-electron chi connectivity index (χ3n) is 7.88. The summed E-state index contributed by atoms with van der Waals surface area (Å²) >= 11 is 0. The Morgan fingerprint density at radius 1 is 1.21 bits per heavy atom. The van der Waals surface area contributed by atoms with Crippen molar-refractivity contribution >= 4 is 18.3 Å². The molecule has 180 valence electrons. The van der Waals surface area contributed by atoms with E-state index in [0.29, 0.717) is 56.1 Å². The maximum atomic E-state index is 13.1. The van der Waals surface area contributed by atoms with Gasteiger partial charge in [0, 0.05) is 18.0 Å². The van der Waals surface area contributed by atoms with Gasteiger partial charge in [-0.1, -0.05) is 18.2 Å². The second-order valence-electron chi connectivity index (χ2n) is 9.58. The topological polar surface area (TPSA) is 125 Å². The van der Waals surface area contributed by atoms with Gasteiger partial charge in [-0.2, -0.15) is 5.10 Å². The Balaban J connectivity index is 0.000000764. The lowest BCUT2D eigenvalue weighted by molar-refractivity contribution is -0.134. The summed E-state index contributed by atoms with van der Waals surface area (Å²) in [5.74, 6) is 4.12. The normalized spacial score (nSPS) is 27.6. The Labute approximate surface area is 197 Å². The fourth-order valence-electron chi connectivity index (χ4n) is 6.49. The number of carbonyl (C=O) groups is 3. The molecular weight excluding hydrogens is 436 g/mol. The Morgan fingerprint density at radius 2 is 1.91 bits per heavy atom. The highest BCUT2D eigenvalue weighted by atomic mass is 16.5. The van der Waals surface area contributed by atoms with Crippen molar-refractivity contribution in [2.45, 2.75) is 32.2 Å². The highest BCUT2D eigenvalue weighted by Crippen LogP contribution is 2.69. The van der Waals surface area contributed by atoms with Gasteiger partial charge in [0.05, 0.1) is 18.8 Å². The number of hydrogen-bond donors (Lipinski definition) is 3. The van der Waals surface area contributed by atoms with E-state index in [1.165, 1.54) is 19.3 Å². The van der Waals surface area contributed by atoms with E-state index in [9.17, 15) is 9.59 Å². The van der Waals surface area contributed by atoms with Crippen molar-refractivity contribution in [2.75, 3.05) is 19.7 Å². The minimum Gasteiger partial charge on any atom is -0.492 e. The molecule has 2 bridgehead atoms. The number of ether oxygens (including phenoxy) is 1. The first-order valence-corrected chi connectivity index (χ1v) is 12.0. The summed E-state index contributed by atoms with van der Waals surface area (Å²) in [5.41, 5.74) is 2.30. The minimum atomic E-state index is -0.250. The predicted molar refractivity (Wildman–Crippen MR) is 122 cm³/mol. The average molecular weight is 467 g/mol. The molecule has 34 heavy (non-hydrogen) atoms. The molecule has 2 amide bonds. The molecule has 1 aromatic carbocycles. The van der Waals surface area contributed by atoms with Gasteiger partial charge in [0.15, 0.2) is 5.69 Å². The molecule has 4 aliphatic rings. The van der Waals surface area contributed by atoms with Crippen LogP contribution in [0.3, 0.4) is 0 Å². The molecule has 5 atom stereocenters. The van der Waals surface area contributed by atoms with Gasteiger partial charge in [-0.3, -0.25) is 19.5 Å². The maximum absolute atomic E-state index is 13.1. The van der Waals surface area contributed by atoms with Crippen molar-refractivity contribution in [3.63, 3.8) is 0 Å². The summed E-state index contributed by atoms with van der Waals surface area (Å²) in [4.78, 5) is 36.1. The standard InChI is InChI=1S/C24H28N4O3.CH2O2/c29-23(25-9-11-31-16-4-2-1-3-5-16)22-17-8-10-28(13-18(17)26-27-22)24(30)21-19-14-6-7-15(12-14)20(19)21;2-1-3/h1-5,14-15,19-21H,6-13H2,(H,25,29)(H,26,27);1H,(H,2,3)/t14-,15+,19+,20-,21?;. The predicted octanol–water partition coefficient (Wildman–Crippen LogP) is 2.10. The van der Waals surface area contributed by atoms with Crippen LogP contribution in [-0.2, 0) is 22.6 Å². The molecule has 6 rings (SSSR count). The summed E-state index contributed by atoms with van der Waals surface area (Å²) in [6, 6.07) is 9.54. The zero-order chi connectivity index (χ0) is 23.7. The van der Waals surface area contributed by atoms with Crippen LogP contribution in [0.2, 0.25) is 0 Å². The number of para-hydroxylation sites is 1. The molecule has 0 spiro atoms. The first kappa shape index (κ1) is 22.4. The van der Waals surface area contributed by atoms with Gasteiger partial charge < -0.3 is 20.1 Å². The lowest BCUT2D eigenvalue weighted by Gasteiger charge is -2.28. The quantitative estimate of drug-likeness (QED) is 0.442. The number of hydrogen-bond acceptors (Lipinski definition) is 5. The van der Waals surface area contributed by atoms with E-state index in [-0.39, 0.29) is 18.3 Å². The highest BCUT2D eigenvalue weighted by Gasteiger charge is 2.68. The number of nitrogens with one attached hydrogen (secondary N) is 2. The van der Waals surface area contributed by atoms with Crippen molar-refractivity contribution in [2.24, 2.45) is 29.6 Å². The van der Waals surface area contributed by atoms with Crippen molar-refractivity contribution in [1.29, 1.82) is 0 Å². The Hall–Kier alpha value is -3.36. The molecule has 2 aromatic rings. The summed E-state index contributed by atoms with van der Waals surface area (Å²) in [6.45, 7) is 1.77. The molecule has 1 unspecified atom stereocenters. The molecule has 0 radical (unpaired) electrons. The van der Waals surface area contributed by atoms with Gasteiger partial charge >= 0.3 is 0 Å². The molecule has 2 heterocycles. The molecule has 9 nitrogen and oxygen atoms in total. The number of amides is 2. The number of aromatic amines is 1. The zero-order valence-electron chi connectivity index (χ0n) is 19.0. The van der Waals surface area contributed by atoms with Crippen LogP contribution < -0.4 is 10.1 Å². The molecule has 1 aromatic heterocycles. The van der Waals surface area contributed by atoms with E-state index >= 15 is 0 Å². The van der Waals surface area contributed by atoms with Gasteiger partial charge in [-0.25, -0.2) is 0 Å². The van der Waals surface area contributed by atoms with Crippen molar-refractivity contribution in [1.82, 2.24) is 20.4 Å². The van der Waals surface area contributed by atoms with E-state index < -0.39 is 0 Å². The third-order valence-corrected chi connectivity index (χ3v) is 7.88. The Bertz CT molecular complexity index is 1040. The smallest absolute Gasteiger partial charge is 0.290 e. The molecule has 3 saturated carbocycles. The largest absolute Gasteiger partial charge is 0.492 e. The number of rotatable bonds is 6. The van der Waals surface area contributed by atoms with Crippen LogP contribution in [0.15, 0.2) is 30.3 Å². The lowest BCUT2D eigenvalue weighted by atomic mass is 9.99. The SMILES string of the molecule is O=C(NCCOc1ccccc1)c1n[nH]c2c1CCN(C(=O)C1[C@@H]3[C@H]4CC[C@H](C4)[C@H]13)C2.O=CO. The molecule has 3 aliphatic carbocycles. The van der Waals surface area contributed by atoms with Gasteiger partial charge in [-0.15, -0.1) is 0 Å². The Morgan fingerprint density at radius 3 is 2.62 bits per heavy atom. The van der Waals surface area contributed by atoms with E-state index in [1.54, 1.807) is 0 Å². The second kappa shape index (κ2) is 9.48. The molecule has 3 N–H and O–H groups in total. The van der Waals surface area contributed by atoms with Gasteiger partial charge in [-0.05, 0) is 61.5 Å². The first-order valence-electron chi connectivity index (χ1n) is 12.0. The van der Waals surface area contributed by atoms with Gasteiger partial charge in [0.2, 0.25) is 5.91 Å². The van der Waals surface area contributed by atoms with Crippen molar-refractivity contribution in [3.8, 4) is 5.75 Å². The molecule has 3 fully saturated rings. The van der Waals surface area contributed by atoms with Crippen LogP contribution in [0, 0.1) is 29.6 Å². The fraction of sp³-hybridized carbons (Fsp3) is 0.520. The maximum Gasteiger partial charge on any atom is 0.290 e. The number of nitrogens with zero attached hydrogens (tertiary/aromatic N) is 2. The second-order valence-corrected chi connectivity index (χ2v) is 9.58. The van der Waals surface area contributed by atoms with Crippen LogP contribution >= 0.6 is 0 Å². The zero-order valence-corrected chi connectivity index (χ0v) is 19.0. The number of benzene rings is 1. The molecule has 1 aliphatic heterocycles. The monoisotopic (exact) mass is 466 g/mol. The Kier molecular flexibility index (Phi) is 6.26. The van der Waals surface area contributed by atoms with E-state index in [4.69, 9.17) is 14.6 Å². The first-order chi connectivity index (χ1) is 16.6. The summed E-state index contributed by atoms with van der Waals surface area (Å²) in [7, 11) is 0. The molecule has 0 saturated heterocycles. The number of fused-ring (bicyclic) bond motifs is 6. The third kappa shape index (κ3) is 4.15. The fourth-order valence-corrected chi connectivity index (χ4v) is 6.49. The van der Waals surface area contributed by atoms with Crippen LogP contribution in [0.1, 0.15) is 41.0 Å². The van der Waals surface area contributed by atoms with Gasteiger partial charge in [0.1, 0.15) is 12.4 Å². The lowest BCUT2D eigenvalue weighted by Crippen LogP contribution is -2.38. The van der Waals surface area contributed by atoms with E-state index in [0.717, 1.165) is 28.8 Å². The van der Waals surface area contributed by atoms with Gasteiger partial charge in [0.25, 0.3) is 12.4 Å². The van der Waals surface area contributed by atoms with Crippen molar-refractivity contribution in [3.05, 3.63) is 47.3 Å². The number of H-pyrrole nitrogens is 1. The van der Waals surface area contributed by atoms with Crippen molar-refractivity contribution < 1.29 is 24.2 Å². The van der Waals surface area contributed by atoms with Crippen LogP contribution in [0.25, 0.3) is 0 Å². The number of aromatic nitrogens is 2. The van der Waals surface area contributed by atoms with Crippen LogP contribution in [-0.4, -0.2) is 58.2 Å². The van der Waals surface area contributed by atoms with Crippen LogP contribution in [0.5, 0.6) is 5.75 Å². The summed E-state index contributed by atoms with van der Waals surface area (Å²) < 4.78 is 5.62. The summed E-state index contributed by atoms with van der Waals surface area (Å²) in [5, 5.41) is 17.0.